The number of benzene rings is 2. The van der Waals surface area contributed by atoms with E-state index in [9.17, 15) is 0 Å². The molecule has 2 atom stereocenters. The predicted molar refractivity (Wildman–Crippen MR) is 117 cm³/mol. The lowest BCUT2D eigenvalue weighted by Crippen LogP contribution is -2.17. The summed E-state index contributed by atoms with van der Waals surface area (Å²) in [6.45, 7) is 0. The molecular formula is C24H32N4. The maximum Gasteiger partial charge on any atom is 0.122 e. The summed E-state index contributed by atoms with van der Waals surface area (Å²) in [6.07, 6.45) is 10.1. The van der Waals surface area contributed by atoms with Crippen LogP contribution in [0.15, 0.2) is 48.5 Å². The molecule has 1 saturated carbocycles. The molecule has 0 spiro atoms. The van der Waals surface area contributed by atoms with Crippen molar-refractivity contribution in [1.82, 2.24) is 0 Å². The van der Waals surface area contributed by atoms with E-state index in [1.54, 1.807) is 0 Å². The minimum atomic E-state index is 0.137. The summed E-state index contributed by atoms with van der Waals surface area (Å²) in [4.78, 5) is 0. The van der Waals surface area contributed by atoms with Gasteiger partial charge < -0.3 is 11.5 Å². The van der Waals surface area contributed by atoms with E-state index in [1.807, 2.05) is 24.3 Å². The highest BCUT2D eigenvalue weighted by atomic mass is 14.7. The molecule has 2 aromatic rings. The van der Waals surface area contributed by atoms with Gasteiger partial charge in [0, 0.05) is 11.1 Å². The lowest BCUT2D eigenvalue weighted by molar-refractivity contribution is 0.244. The van der Waals surface area contributed by atoms with E-state index in [4.69, 9.17) is 22.3 Å². The zero-order chi connectivity index (χ0) is 19.9. The number of hydrogen-bond acceptors (Lipinski definition) is 2. The molecule has 0 radical (unpaired) electrons. The molecular weight excluding hydrogens is 344 g/mol. The second-order valence-corrected chi connectivity index (χ2v) is 8.20. The van der Waals surface area contributed by atoms with Crippen molar-refractivity contribution in [3.63, 3.8) is 0 Å². The van der Waals surface area contributed by atoms with Gasteiger partial charge in [-0.1, -0.05) is 67.8 Å². The van der Waals surface area contributed by atoms with Crippen LogP contribution in [-0.4, -0.2) is 11.7 Å². The first-order chi connectivity index (χ1) is 13.5. The Balaban J connectivity index is 1.44. The average Bonchev–Trinajstić information content (AvgIpc) is 2.71. The van der Waals surface area contributed by atoms with Crippen LogP contribution in [0.4, 0.5) is 0 Å². The Morgan fingerprint density at radius 3 is 1.46 bits per heavy atom. The van der Waals surface area contributed by atoms with E-state index >= 15 is 0 Å². The summed E-state index contributed by atoms with van der Waals surface area (Å²) >= 11 is 0. The van der Waals surface area contributed by atoms with Gasteiger partial charge in [-0.05, 0) is 55.1 Å². The van der Waals surface area contributed by atoms with Crippen molar-refractivity contribution in [1.29, 1.82) is 10.8 Å². The van der Waals surface area contributed by atoms with Crippen molar-refractivity contribution in [3.05, 3.63) is 70.8 Å². The number of nitrogens with two attached hydrogens (primary N) is 2. The largest absolute Gasteiger partial charge is 0.384 e. The number of nitrogen functional groups attached to an aromatic ring is 2. The van der Waals surface area contributed by atoms with E-state index in [0.29, 0.717) is 0 Å². The molecule has 3 rings (SSSR count). The summed E-state index contributed by atoms with van der Waals surface area (Å²) in [6, 6.07) is 16.3. The van der Waals surface area contributed by atoms with Gasteiger partial charge in [0.25, 0.3) is 0 Å². The van der Waals surface area contributed by atoms with Crippen LogP contribution in [0.25, 0.3) is 0 Å². The molecule has 4 nitrogen and oxygen atoms in total. The van der Waals surface area contributed by atoms with Crippen molar-refractivity contribution in [2.24, 2.45) is 23.3 Å². The molecule has 148 valence electrons. The van der Waals surface area contributed by atoms with Gasteiger partial charge in [0.2, 0.25) is 0 Å². The molecule has 0 saturated heterocycles. The van der Waals surface area contributed by atoms with Crippen LogP contribution in [0.1, 0.15) is 60.8 Å². The van der Waals surface area contributed by atoms with Gasteiger partial charge in [0.1, 0.15) is 11.7 Å². The Labute approximate surface area is 168 Å². The topological polar surface area (TPSA) is 99.7 Å². The number of amidine groups is 2. The molecule has 1 aliphatic rings. The SMILES string of the molecule is N=C(N)c1ccc(CC[C@H]2CCC[C@@H](CCc3ccc(C(=N)N)cc3)C2)cc1. The molecule has 0 heterocycles. The normalized spacial score (nSPS) is 19.3. The van der Waals surface area contributed by atoms with E-state index in [-0.39, 0.29) is 11.7 Å². The molecule has 0 unspecified atom stereocenters. The fourth-order valence-electron chi connectivity index (χ4n) is 4.37. The molecule has 1 fully saturated rings. The van der Waals surface area contributed by atoms with Crippen LogP contribution in [0.2, 0.25) is 0 Å². The third-order valence-corrected chi connectivity index (χ3v) is 6.10. The Morgan fingerprint density at radius 1 is 0.714 bits per heavy atom. The number of hydrogen-bond donors (Lipinski definition) is 4. The maximum absolute atomic E-state index is 7.48. The molecule has 4 heteroatoms. The van der Waals surface area contributed by atoms with Gasteiger partial charge >= 0.3 is 0 Å². The summed E-state index contributed by atoms with van der Waals surface area (Å²) in [5, 5.41) is 15.0. The van der Waals surface area contributed by atoms with E-state index in [2.05, 4.69) is 24.3 Å². The highest BCUT2D eigenvalue weighted by Crippen LogP contribution is 2.34. The molecule has 28 heavy (non-hydrogen) atoms. The maximum atomic E-state index is 7.48. The number of nitrogens with one attached hydrogen (secondary N) is 2. The first kappa shape index (κ1) is 20.1. The third kappa shape index (κ3) is 5.69. The summed E-state index contributed by atoms with van der Waals surface area (Å²) < 4.78 is 0. The molecule has 1 aliphatic carbocycles. The fourth-order valence-corrected chi connectivity index (χ4v) is 4.37. The van der Waals surface area contributed by atoms with Gasteiger partial charge in [-0.25, -0.2) is 0 Å². The lowest BCUT2D eigenvalue weighted by atomic mass is 9.77. The summed E-state index contributed by atoms with van der Waals surface area (Å²) in [5.41, 5.74) is 15.4. The van der Waals surface area contributed by atoms with E-state index in [0.717, 1.165) is 35.8 Å². The highest BCUT2D eigenvalue weighted by Gasteiger charge is 2.21. The first-order valence-corrected chi connectivity index (χ1v) is 10.4. The summed E-state index contributed by atoms with van der Waals surface area (Å²) in [7, 11) is 0. The van der Waals surface area contributed by atoms with Crippen molar-refractivity contribution < 1.29 is 0 Å². The van der Waals surface area contributed by atoms with Crippen molar-refractivity contribution in [3.8, 4) is 0 Å². The molecule has 0 aliphatic heterocycles. The Morgan fingerprint density at radius 2 is 1.11 bits per heavy atom. The van der Waals surface area contributed by atoms with Crippen LogP contribution < -0.4 is 11.5 Å². The number of aryl methyl sites for hydroxylation is 2. The second-order valence-electron chi connectivity index (χ2n) is 8.20. The second kappa shape index (κ2) is 9.54. The van der Waals surface area contributed by atoms with Gasteiger partial charge in [-0.3, -0.25) is 10.8 Å². The Bertz CT molecular complexity index is 725. The minimum absolute atomic E-state index is 0.137. The monoisotopic (exact) mass is 376 g/mol. The van der Waals surface area contributed by atoms with Gasteiger partial charge in [-0.2, -0.15) is 0 Å². The van der Waals surface area contributed by atoms with Gasteiger partial charge in [-0.15, -0.1) is 0 Å². The number of rotatable bonds is 8. The van der Waals surface area contributed by atoms with Gasteiger partial charge in [0.05, 0.1) is 0 Å². The lowest BCUT2D eigenvalue weighted by Gasteiger charge is -2.29. The average molecular weight is 377 g/mol. The molecule has 2 aromatic carbocycles. The van der Waals surface area contributed by atoms with Crippen molar-refractivity contribution >= 4 is 11.7 Å². The quantitative estimate of drug-likeness (QED) is 0.399. The summed E-state index contributed by atoms with van der Waals surface area (Å²) in [5.74, 6) is 1.92. The smallest absolute Gasteiger partial charge is 0.122 e. The van der Waals surface area contributed by atoms with Crippen LogP contribution in [0.5, 0.6) is 0 Å². The van der Waals surface area contributed by atoms with Gasteiger partial charge in [0.15, 0.2) is 0 Å². The molecule has 0 aromatic heterocycles. The standard InChI is InChI=1S/C24H32N4/c25-23(26)21-12-8-17(9-13-21)4-6-19-2-1-3-20(16-19)7-5-18-10-14-22(15-11-18)24(27)28/h8-15,19-20H,1-7,16H2,(H3,25,26)(H3,27,28)/t19-,20+. The third-order valence-electron chi connectivity index (χ3n) is 6.10. The highest BCUT2D eigenvalue weighted by molar-refractivity contribution is 5.95. The van der Waals surface area contributed by atoms with E-state index < -0.39 is 0 Å². The van der Waals surface area contributed by atoms with Crippen LogP contribution in [0.3, 0.4) is 0 Å². The fraction of sp³-hybridized carbons (Fsp3) is 0.417. The predicted octanol–water partition coefficient (Wildman–Crippen LogP) is 4.63. The van der Waals surface area contributed by atoms with Crippen molar-refractivity contribution in [2.45, 2.75) is 51.4 Å². The van der Waals surface area contributed by atoms with Crippen molar-refractivity contribution in [2.75, 3.05) is 0 Å². The zero-order valence-corrected chi connectivity index (χ0v) is 16.6. The Kier molecular flexibility index (Phi) is 6.85. The van der Waals surface area contributed by atoms with Crippen LogP contribution in [-0.2, 0) is 12.8 Å². The first-order valence-electron chi connectivity index (χ1n) is 10.4. The minimum Gasteiger partial charge on any atom is -0.384 e. The molecule has 0 bridgehead atoms. The molecule has 0 amide bonds. The Hall–Kier alpha value is -2.62. The van der Waals surface area contributed by atoms with E-state index in [1.165, 1.54) is 49.7 Å². The van der Waals surface area contributed by atoms with Crippen LogP contribution >= 0.6 is 0 Å². The zero-order valence-electron chi connectivity index (χ0n) is 16.6. The molecule has 6 N–H and O–H groups in total. The van der Waals surface area contributed by atoms with Crippen LogP contribution in [0, 0.1) is 22.7 Å².